The summed E-state index contributed by atoms with van der Waals surface area (Å²) in [6.45, 7) is 1.63. The normalized spacial score (nSPS) is 15.4. The van der Waals surface area contributed by atoms with Gasteiger partial charge in [0.05, 0.1) is 18.0 Å². The average Bonchev–Trinajstić information content (AvgIpc) is 3.08. The molecule has 1 aliphatic heterocycles. The van der Waals surface area contributed by atoms with Gasteiger partial charge in [-0.25, -0.2) is 15.0 Å². The molecule has 1 amide bonds. The standard InChI is InChI=1S/C18H19ClN6O/c1-24-11-20-9-16(24)18(26)23-13-4-6-25(7-5-13)17-14-8-12(19)2-3-15(14)21-10-22-17/h2-3,8-11,13H,4-7H2,1H3,(H,23,26). The highest BCUT2D eigenvalue weighted by atomic mass is 35.5. The third-order valence-electron chi connectivity index (χ3n) is 4.76. The monoisotopic (exact) mass is 370 g/mol. The number of imidazole rings is 1. The van der Waals surface area contributed by atoms with Crippen molar-refractivity contribution in [2.24, 2.45) is 7.05 Å². The number of nitrogens with zero attached hydrogens (tertiary/aromatic N) is 5. The van der Waals surface area contributed by atoms with Crippen LogP contribution in [0.25, 0.3) is 10.9 Å². The molecule has 0 unspecified atom stereocenters. The Bertz CT molecular complexity index is 948. The van der Waals surface area contributed by atoms with Gasteiger partial charge in [-0.2, -0.15) is 0 Å². The van der Waals surface area contributed by atoms with Crippen LogP contribution in [0.4, 0.5) is 5.82 Å². The minimum Gasteiger partial charge on any atom is -0.356 e. The third kappa shape index (κ3) is 3.22. The predicted molar refractivity (Wildman–Crippen MR) is 100 cm³/mol. The van der Waals surface area contributed by atoms with E-state index in [-0.39, 0.29) is 11.9 Å². The highest BCUT2D eigenvalue weighted by molar-refractivity contribution is 6.31. The summed E-state index contributed by atoms with van der Waals surface area (Å²) >= 11 is 6.14. The molecule has 7 nitrogen and oxygen atoms in total. The van der Waals surface area contributed by atoms with Gasteiger partial charge in [-0.05, 0) is 31.0 Å². The largest absolute Gasteiger partial charge is 0.356 e. The van der Waals surface area contributed by atoms with Crippen molar-refractivity contribution >= 4 is 34.2 Å². The lowest BCUT2D eigenvalue weighted by Gasteiger charge is -2.33. The lowest BCUT2D eigenvalue weighted by atomic mass is 10.0. The van der Waals surface area contributed by atoms with Crippen LogP contribution in [0, 0.1) is 0 Å². The number of carbonyl (C=O) groups excluding carboxylic acids is 1. The van der Waals surface area contributed by atoms with Crippen molar-refractivity contribution in [3.8, 4) is 0 Å². The number of nitrogens with one attached hydrogen (secondary N) is 1. The maximum Gasteiger partial charge on any atom is 0.269 e. The molecule has 1 N–H and O–H groups in total. The van der Waals surface area contributed by atoms with Gasteiger partial charge in [0, 0.05) is 36.6 Å². The number of carbonyl (C=O) groups is 1. The van der Waals surface area contributed by atoms with Gasteiger partial charge in [-0.3, -0.25) is 4.79 Å². The number of anilines is 1. The van der Waals surface area contributed by atoms with E-state index in [1.807, 2.05) is 25.2 Å². The number of fused-ring (bicyclic) bond motifs is 1. The van der Waals surface area contributed by atoms with Crippen LogP contribution in [0.3, 0.4) is 0 Å². The molecule has 1 saturated heterocycles. The zero-order valence-corrected chi connectivity index (χ0v) is 15.1. The topological polar surface area (TPSA) is 75.9 Å². The van der Waals surface area contributed by atoms with E-state index < -0.39 is 0 Å². The smallest absolute Gasteiger partial charge is 0.269 e. The molecule has 1 aromatic carbocycles. The number of amides is 1. The summed E-state index contributed by atoms with van der Waals surface area (Å²) < 4.78 is 1.72. The van der Waals surface area contributed by atoms with Crippen molar-refractivity contribution in [3.05, 3.63) is 47.8 Å². The number of halogens is 1. The lowest BCUT2D eigenvalue weighted by Crippen LogP contribution is -2.45. The van der Waals surface area contributed by atoms with E-state index in [4.69, 9.17) is 11.6 Å². The van der Waals surface area contributed by atoms with Gasteiger partial charge in [0.1, 0.15) is 17.8 Å². The van der Waals surface area contributed by atoms with Crippen LogP contribution in [0.15, 0.2) is 37.1 Å². The van der Waals surface area contributed by atoms with E-state index in [9.17, 15) is 4.79 Å². The SMILES string of the molecule is Cn1cncc1C(=O)NC1CCN(c2ncnc3ccc(Cl)cc23)CC1. The van der Waals surface area contributed by atoms with Crippen molar-refractivity contribution in [1.82, 2.24) is 24.8 Å². The summed E-state index contributed by atoms with van der Waals surface area (Å²) in [6, 6.07) is 5.79. The van der Waals surface area contributed by atoms with E-state index >= 15 is 0 Å². The first kappa shape index (κ1) is 16.8. The van der Waals surface area contributed by atoms with E-state index in [0.29, 0.717) is 10.7 Å². The Labute approximate surface area is 156 Å². The highest BCUT2D eigenvalue weighted by Gasteiger charge is 2.24. The quantitative estimate of drug-likeness (QED) is 0.766. The molecule has 0 spiro atoms. The Kier molecular flexibility index (Phi) is 4.46. The Hall–Kier alpha value is -2.67. The van der Waals surface area contributed by atoms with Crippen molar-refractivity contribution < 1.29 is 4.79 Å². The molecule has 0 bridgehead atoms. The van der Waals surface area contributed by atoms with Gasteiger partial charge in [-0.15, -0.1) is 0 Å². The third-order valence-corrected chi connectivity index (χ3v) is 4.99. The summed E-state index contributed by atoms with van der Waals surface area (Å²) in [6.07, 6.45) is 6.51. The molecular formula is C18H19ClN6O. The second-order valence-corrected chi connectivity index (χ2v) is 6.92. The lowest BCUT2D eigenvalue weighted by molar-refractivity contribution is 0.0923. The first-order valence-electron chi connectivity index (χ1n) is 8.54. The minimum atomic E-state index is -0.0808. The van der Waals surface area contributed by atoms with Gasteiger partial charge < -0.3 is 14.8 Å². The van der Waals surface area contributed by atoms with Crippen LogP contribution in [0.5, 0.6) is 0 Å². The molecule has 4 rings (SSSR count). The average molecular weight is 371 g/mol. The Balaban J connectivity index is 1.45. The minimum absolute atomic E-state index is 0.0808. The molecule has 134 valence electrons. The van der Waals surface area contributed by atoms with Gasteiger partial charge in [-0.1, -0.05) is 11.6 Å². The van der Waals surface area contributed by atoms with Gasteiger partial charge in [0.2, 0.25) is 0 Å². The molecule has 0 atom stereocenters. The van der Waals surface area contributed by atoms with Crippen molar-refractivity contribution in [1.29, 1.82) is 0 Å². The molecule has 8 heteroatoms. The fourth-order valence-corrected chi connectivity index (χ4v) is 3.51. The molecule has 26 heavy (non-hydrogen) atoms. The molecule has 2 aromatic heterocycles. The molecule has 0 radical (unpaired) electrons. The van der Waals surface area contributed by atoms with Crippen molar-refractivity contribution in [2.75, 3.05) is 18.0 Å². The first-order valence-corrected chi connectivity index (χ1v) is 8.92. The molecule has 1 fully saturated rings. The zero-order valence-electron chi connectivity index (χ0n) is 14.4. The van der Waals surface area contributed by atoms with Crippen LogP contribution in [0.2, 0.25) is 5.02 Å². The summed E-state index contributed by atoms with van der Waals surface area (Å²) in [5, 5.41) is 4.73. The molecular weight excluding hydrogens is 352 g/mol. The summed E-state index contributed by atoms with van der Waals surface area (Å²) in [7, 11) is 1.82. The van der Waals surface area contributed by atoms with Crippen molar-refractivity contribution in [3.63, 3.8) is 0 Å². The molecule has 0 saturated carbocycles. The Morgan fingerprint density at radius 2 is 2.08 bits per heavy atom. The number of aryl methyl sites for hydroxylation is 1. The summed E-state index contributed by atoms with van der Waals surface area (Å²) in [5.74, 6) is 0.816. The van der Waals surface area contributed by atoms with Crippen LogP contribution >= 0.6 is 11.6 Å². The Morgan fingerprint density at radius 1 is 1.27 bits per heavy atom. The fraction of sp³-hybridized carbons (Fsp3) is 0.333. The first-order chi connectivity index (χ1) is 12.6. The van der Waals surface area contributed by atoms with E-state index in [2.05, 4.69) is 25.2 Å². The zero-order chi connectivity index (χ0) is 18.1. The fourth-order valence-electron chi connectivity index (χ4n) is 3.34. The number of hydrogen-bond acceptors (Lipinski definition) is 5. The van der Waals surface area contributed by atoms with Gasteiger partial charge in [0.15, 0.2) is 0 Å². The number of benzene rings is 1. The summed E-state index contributed by atoms with van der Waals surface area (Å²) in [4.78, 5) is 27.3. The van der Waals surface area contributed by atoms with Gasteiger partial charge in [0.25, 0.3) is 5.91 Å². The summed E-state index contributed by atoms with van der Waals surface area (Å²) in [5.41, 5.74) is 1.45. The predicted octanol–water partition coefficient (Wildman–Crippen LogP) is 2.42. The highest BCUT2D eigenvalue weighted by Crippen LogP contribution is 2.27. The molecule has 0 aliphatic carbocycles. The maximum atomic E-state index is 12.3. The molecule has 3 heterocycles. The number of piperidine rings is 1. The second kappa shape index (κ2) is 6.92. The molecule has 1 aliphatic rings. The van der Waals surface area contributed by atoms with E-state index in [1.54, 1.807) is 23.4 Å². The second-order valence-electron chi connectivity index (χ2n) is 6.48. The number of hydrogen-bond donors (Lipinski definition) is 1. The van der Waals surface area contributed by atoms with Crippen LogP contribution in [0.1, 0.15) is 23.3 Å². The molecule has 3 aromatic rings. The van der Waals surface area contributed by atoms with Crippen LogP contribution in [-0.4, -0.2) is 44.6 Å². The van der Waals surface area contributed by atoms with Crippen LogP contribution in [-0.2, 0) is 7.05 Å². The number of rotatable bonds is 3. The maximum absolute atomic E-state index is 12.3. The Morgan fingerprint density at radius 3 is 2.81 bits per heavy atom. The van der Waals surface area contributed by atoms with Crippen molar-refractivity contribution in [2.45, 2.75) is 18.9 Å². The van der Waals surface area contributed by atoms with Gasteiger partial charge >= 0.3 is 0 Å². The van der Waals surface area contributed by atoms with E-state index in [0.717, 1.165) is 42.7 Å². The number of aromatic nitrogens is 4. The van der Waals surface area contributed by atoms with E-state index in [1.165, 1.54) is 0 Å². The van der Waals surface area contributed by atoms with Crippen LogP contribution < -0.4 is 10.2 Å².